The van der Waals surface area contributed by atoms with Crippen molar-refractivity contribution < 1.29 is 42.3 Å². The van der Waals surface area contributed by atoms with Gasteiger partial charge in [-0.2, -0.15) is 4.57 Å². The average molecular weight is 797 g/mol. The second-order valence-corrected chi connectivity index (χ2v) is 15.0. The van der Waals surface area contributed by atoms with Crippen LogP contribution in [0.15, 0.2) is 85.1 Å². The summed E-state index contributed by atoms with van der Waals surface area (Å²) in [5.74, 6) is 0.567. The van der Waals surface area contributed by atoms with Crippen molar-refractivity contribution in [2.75, 3.05) is 24.9 Å². The smallest absolute Gasteiger partial charge is 0.310 e. The molecule has 0 saturated heterocycles. The summed E-state index contributed by atoms with van der Waals surface area (Å²) in [5, 5.41) is 6.26. The van der Waals surface area contributed by atoms with Crippen LogP contribution >= 0.6 is 0 Å². The second-order valence-electron chi connectivity index (χ2n) is 15.0. The number of hydrogen-bond donors (Lipinski definition) is 2. The van der Waals surface area contributed by atoms with Crippen molar-refractivity contribution in [1.82, 2.24) is 0 Å². The highest BCUT2D eigenvalue weighted by Gasteiger charge is 2.56. The van der Waals surface area contributed by atoms with Gasteiger partial charge >= 0.3 is 5.97 Å². The zero-order valence-electron chi connectivity index (χ0n) is 34.3. The number of carbonyl (C=O) groups is 3. The third kappa shape index (κ3) is 12.8. The number of esters is 1. The van der Waals surface area contributed by atoms with Gasteiger partial charge in [-0.15, -0.1) is 0 Å². The SMILES string of the molecule is CCCCCCCC/C=C/CCCCCCCC(=O)OC[n+]1ccc(Oc2ccc(NC(=O)C3(C(=O)Nc4ccc(F)cc4)CC3)cc2)c2cc(OC)c(OC)cc21. The van der Waals surface area contributed by atoms with Gasteiger partial charge in [-0.1, -0.05) is 70.4 Å². The van der Waals surface area contributed by atoms with Crippen molar-refractivity contribution in [3.05, 3.63) is 90.9 Å². The normalized spacial score (nSPS) is 13.0. The first kappa shape index (κ1) is 43.7. The molecule has 310 valence electrons. The molecule has 58 heavy (non-hydrogen) atoms. The molecule has 11 heteroatoms. The van der Waals surface area contributed by atoms with Crippen LogP contribution in [0.1, 0.15) is 110 Å². The van der Waals surface area contributed by atoms with Gasteiger partial charge in [0.15, 0.2) is 17.7 Å². The lowest BCUT2D eigenvalue weighted by Gasteiger charge is -2.16. The Kier molecular flexibility index (Phi) is 16.9. The number of hydrogen-bond acceptors (Lipinski definition) is 7. The molecule has 5 rings (SSSR count). The van der Waals surface area contributed by atoms with Gasteiger partial charge in [-0.05, 0) is 93.5 Å². The molecule has 0 unspecified atom stereocenters. The molecule has 3 aromatic carbocycles. The number of methoxy groups -OCH3 is 2. The standard InChI is InChI=1S/C47H58FN3O7/c1-4-5-6-7-8-9-10-11-12-13-14-15-16-17-18-19-44(52)57-34-51-31-28-41(39-32-42(55-2)43(56-3)33-40(39)51)58-38-26-24-37(25-27-38)50-46(54)47(29-30-47)45(53)49-36-22-20-35(48)21-23-36/h11-12,20-28,31-33H,4-10,13-19,29-30,34H2,1-3H3,(H-,49,50,53,54)/p+1/b12-11+. The largest absolute Gasteiger partial charge is 0.493 e. The number of amides is 2. The lowest BCUT2D eigenvalue weighted by atomic mass is 10.0. The fourth-order valence-electron chi connectivity index (χ4n) is 6.84. The molecule has 1 aliphatic rings. The van der Waals surface area contributed by atoms with E-state index in [1.54, 1.807) is 50.7 Å². The van der Waals surface area contributed by atoms with E-state index in [0.29, 0.717) is 64.5 Å². The lowest BCUT2D eigenvalue weighted by Crippen LogP contribution is -2.36. The van der Waals surface area contributed by atoms with Gasteiger partial charge in [0.25, 0.3) is 6.73 Å². The number of fused-ring (bicyclic) bond motifs is 1. The highest BCUT2D eigenvalue weighted by molar-refractivity contribution is 6.16. The van der Waals surface area contributed by atoms with Crippen LogP contribution in [0.4, 0.5) is 15.8 Å². The molecular weight excluding hydrogens is 738 g/mol. The number of unbranched alkanes of at least 4 members (excludes halogenated alkanes) is 11. The fourth-order valence-corrected chi connectivity index (χ4v) is 6.84. The van der Waals surface area contributed by atoms with Gasteiger partial charge in [0.05, 0.1) is 25.7 Å². The van der Waals surface area contributed by atoms with Crippen molar-refractivity contribution in [3.63, 3.8) is 0 Å². The molecule has 2 N–H and O–H groups in total. The van der Waals surface area contributed by atoms with Crippen molar-refractivity contribution in [1.29, 1.82) is 0 Å². The monoisotopic (exact) mass is 796 g/mol. The zero-order valence-corrected chi connectivity index (χ0v) is 34.3. The Morgan fingerprint density at radius 3 is 1.84 bits per heavy atom. The Morgan fingerprint density at radius 2 is 1.26 bits per heavy atom. The molecule has 10 nitrogen and oxygen atoms in total. The molecule has 0 radical (unpaired) electrons. The number of carbonyl (C=O) groups excluding carboxylic acids is 3. The van der Waals surface area contributed by atoms with E-state index < -0.39 is 23.0 Å². The van der Waals surface area contributed by atoms with Gasteiger partial charge in [0.2, 0.25) is 17.3 Å². The van der Waals surface area contributed by atoms with E-state index in [4.69, 9.17) is 18.9 Å². The maximum absolute atomic E-state index is 13.3. The predicted molar refractivity (Wildman–Crippen MR) is 225 cm³/mol. The average Bonchev–Trinajstić information content (AvgIpc) is 4.06. The Morgan fingerprint density at radius 1 is 0.707 bits per heavy atom. The first-order valence-electron chi connectivity index (χ1n) is 20.8. The number of anilines is 2. The first-order valence-corrected chi connectivity index (χ1v) is 20.8. The molecule has 1 fully saturated rings. The van der Waals surface area contributed by atoms with Gasteiger partial charge in [0, 0.05) is 29.9 Å². The molecule has 4 aromatic rings. The van der Waals surface area contributed by atoms with Crippen LogP contribution in [0.2, 0.25) is 0 Å². The molecule has 1 aliphatic carbocycles. The van der Waals surface area contributed by atoms with Crippen LogP contribution < -0.4 is 29.4 Å². The Labute approximate surface area is 342 Å². The van der Waals surface area contributed by atoms with E-state index in [-0.39, 0.29) is 12.7 Å². The number of aromatic nitrogens is 1. The Balaban J connectivity index is 1.10. The summed E-state index contributed by atoms with van der Waals surface area (Å²) in [6.45, 7) is 2.27. The van der Waals surface area contributed by atoms with E-state index in [1.165, 1.54) is 82.1 Å². The van der Waals surface area contributed by atoms with Crippen LogP contribution in [0.25, 0.3) is 10.9 Å². The number of ether oxygens (including phenoxy) is 4. The van der Waals surface area contributed by atoms with E-state index in [9.17, 15) is 18.8 Å². The number of rotatable bonds is 25. The molecule has 1 aromatic heterocycles. The van der Waals surface area contributed by atoms with Gasteiger partial charge in [-0.25, -0.2) is 4.39 Å². The maximum Gasteiger partial charge on any atom is 0.310 e. The predicted octanol–water partition coefficient (Wildman–Crippen LogP) is 11.0. The van der Waals surface area contributed by atoms with Gasteiger partial charge in [-0.3, -0.25) is 14.4 Å². The molecular formula is C47H59FN3O7+. The van der Waals surface area contributed by atoms with Crippen LogP contribution in [0.3, 0.4) is 0 Å². The number of benzene rings is 3. The summed E-state index contributed by atoms with van der Waals surface area (Å²) in [4.78, 5) is 38.9. The lowest BCUT2D eigenvalue weighted by molar-refractivity contribution is -0.703. The summed E-state index contributed by atoms with van der Waals surface area (Å²) >= 11 is 0. The molecule has 0 spiro atoms. The van der Waals surface area contributed by atoms with Gasteiger partial charge < -0.3 is 29.6 Å². The van der Waals surface area contributed by atoms with Crippen molar-refractivity contribution in [2.45, 2.75) is 116 Å². The number of allylic oxidation sites excluding steroid dienone is 2. The molecule has 0 bridgehead atoms. The molecule has 0 aliphatic heterocycles. The van der Waals surface area contributed by atoms with Crippen molar-refractivity contribution in [2.24, 2.45) is 5.41 Å². The molecule has 2 amide bonds. The molecule has 1 heterocycles. The Hall–Kier alpha value is -5.45. The number of nitrogens with zero attached hydrogens (tertiary/aromatic N) is 1. The summed E-state index contributed by atoms with van der Waals surface area (Å²) in [7, 11) is 3.12. The van der Waals surface area contributed by atoms with Crippen molar-refractivity contribution in [3.8, 4) is 23.0 Å². The van der Waals surface area contributed by atoms with E-state index in [0.717, 1.165) is 25.7 Å². The summed E-state index contributed by atoms with van der Waals surface area (Å²) in [5.41, 5.74) is 0.456. The summed E-state index contributed by atoms with van der Waals surface area (Å²) in [6, 6.07) is 17.7. The third-order valence-electron chi connectivity index (χ3n) is 10.6. The minimum absolute atomic E-state index is 0.0218. The van der Waals surface area contributed by atoms with Crippen LogP contribution in [0, 0.1) is 11.2 Å². The summed E-state index contributed by atoms with van der Waals surface area (Å²) in [6.07, 6.45) is 23.2. The van der Waals surface area contributed by atoms with Crippen molar-refractivity contribution >= 4 is 40.1 Å². The van der Waals surface area contributed by atoms with Crippen LogP contribution in [0.5, 0.6) is 23.0 Å². The van der Waals surface area contributed by atoms with Crippen LogP contribution in [-0.2, 0) is 25.9 Å². The van der Waals surface area contributed by atoms with Gasteiger partial charge in [0.1, 0.15) is 22.7 Å². The topological polar surface area (TPSA) is 116 Å². The number of halogens is 1. The quantitative estimate of drug-likeness (QED) is 0.0225. The number of nitrogens with one attached hydrogen (secondary N) is 2. The second kappa shape index (κ2) is 22.5. The molecule has 0 atom stereocenters. The third-order valence-corrected chi connectivity index (χ3v) is 10.6. The van der Waals surface area contributed by atoms with Crippen LogP contribution in [-0.4, -0.2) is 32.0 Å². The number of pyridine rings is 1. The minimum Gasteiger partial charge on any atom is -0.493 e. The zero-order chi connectivity index (χ0) is 41.2. The Bertz CT molecular complexity index is 1980. The highest BCUT2D eigenvalue weighted by Crippen LogP contribution is 2.47. The maximum atomic E-state index is 13.3. The van der Waals surface area contributed by atoms with E-state index in [2.05, 4.69) is 29.7 Å². The minimum atomic E-state index is -1.18. The van der Waals surface area contributed by atoms with E-state index >= 15 is 0 Å². The highest BCUT2D eigenvalue weighted by atomic mass is 19.1. The summed E-state index contributed by atoms with van der Waals surface area (Å²) < 4.78 is 38.3. The fraction of sp³-hybridized carbons (Fsp3) is 0.447. The molecule has 1 saturated carbocycles. The van der Waals surface area contributed by atoms with E-state index in [1.807, 2.05) is 16.7 Å². The first-order chi connectivity index (χ1) is 28.3.